The number of hydrogen-bond acceptors (Lipinski definition) is 3. The van der Waals surface area contributed by atoms with E-state index in [1.165, 1.54) is 18.2 Å². The van der Waals surface area contributed by atoms with Crippen molar-refractivity contribution in [3.63, 3.8) is 0 Å². The van der Waals surface area contributed by atoms with Gasteiger partial charge in [0, 0.05) is 11.8 Å². The van der Waals surface area contributed by atoms with Gasteiger partial charge < -0.3 is 4.74 Å². The lowest BCUT2D eigenvalue weighted by atomic mass is 10.1. The molecule has 0 aliphatic carbocycles. The molecule has 25 heavy (non-hydrogen) atoms. The summed E-state index contributed by atoms with van der Waals surface area (Å²) in [6.45, 7) is 0. The van der Waals surface area contributed by atoms with Crippen LogP contribution >= 0.6 is 0 Å². The molecule has 9 heteroatoms. The quantitative estimate of drug-likeness (QED) is 0.569. The van der Waals surface area contributed by atoms with Crippen molar-refractivity contribution in [2.45, 2.75) is 12.5 Å². The smallest absolute Gasteiger partial charge is 0.405 e. The fourth-order valence-corrected chi connectivity index (χ4v) is 1.86. The number of rotatable bonds is 3. The van der Waals surface area contributed by atoms with E-state index < -0.39 is 23.9 Å². The van der Waals surface area contributed by atoms with Crippen LogP contribution in [0, 0.1) is 11.3 Å². The lowest BCUT2D eigenvalue weighted by Gasteiger charge is -2.11. The average molecular weight is 358 g/mol. The molecule has 2 aromatic rings. The molecule has 3 nitrogen and oxygen atoms in total. The topological polar surface area (TPSA) is 45.9 Å². The Morgan fingerprint density at radius 1 is 1.04 bits per heavy atom. The van der Waals surface area contributed by atoms with Gasteiger partial charge in [0.2, 0.25) is 0 Å². The van der Waals surface area contributed by atoms with Crippen LogP contribution in [0.3, 0.4) is 0 Å². The van der Waals surface area contributed by atoms with Gasteiger partial charge in [0.05, 0.1) is 16.8 Å². The van der Waals surface area contributed by atoms with Crippen molar-refractivity contribution in [1.82, 2.24) is 4.98 Å². The molecule has 0 fully saturated rings. The predicted octanol–water partition coefficient (Wildman–Crippen LogP) is 5.06. The molecule has 0 amide bonds. The second-order valence-corrected chi connectivity index (χ2v) is 4.69. The Hall–Kier alpha value is -3.02. The summed E-state index contributed by atoms with van der Waals surface area (Å²) >= 11 is 0. The highest BCUT2D eigenvalue weighted by Gasteiger charge is 2.32. The summed E-state index contributed by atoms with van der Waals surface area (Å²) in [5.74, 6) is -0.547. The molecule has 0 spiro atoms. The van der Waals surface area contributed by atoms with Crippen LogP contribution in [0.4, 0.5) is 26.3 Å². The normalized spacial score (nSPS) is 12.6. The first-order valence-corrected chi connectivity index (χ1v) is 6.60. The number of nitriles is 1. The van der Waals surface area contributed by atoms with Gasteiger partial charge in [0.1, 0.15) is 11.8 Å². The highest BCUT2D eigenvalue weighted by atomic mass is 19.4. The van der Waals surface area contributed by atoms with Gasteiger partial charge in [-0.2, -0.15) is 18.4 Å². The molecule has 1 aromatic heterocycles. The van der Waals surface area contributed by atoms with E-state index in [9.17, 15) is 26.3 Å². The van der Waals surface area contributed by atoms with Crippen LogP contribution in [0.2, 0.25) is 0 Å². The lowest BCUT2D eigenvalue weighted by molar-refractivity contribution is -0.274. The van der Waals surface area contributed by atoms with E-state index in [0.717, 1.165) is 24.3 Å². The number of nitrogens with zero attached hydrogens (tertiary/aromatic N) is 2. The lowest BCUT2D eigenvalue weighted by Crippen LogP contribution is -2.17. The monoisotopic (exact) mass is 358 g/mol. The minimum atomic E-state index is -4.93. The van der Waals surface area contributed by atoms with Crippen molar-refractivity contribution in [1.29, 1.82) is 5.26 Å². The Labute approximate surface area is 137 Å². The molecule has 0 radical (unpaired) electrons. The predicted molar refractivity (Wildman–Crippen MR) is 75.8 cm³/mol. The van der Waals surface area contributed by atoms with Gasteiger partial charge in [0.15, 0.2) is 0 Å². The number of pyridine rings is 1. The van der Waals surface area contributed by atoms with Gasteiger partial charge in [0.25, 0.3) is 0 Å². The summed E-state index contributed by atoms with van der Waals surface area (Å²) in [6, 6.07) is 8.43. The molecular formula is C16H8F6N2O. The number of alkyl halides is 6. The Balaban J connectivity index is 2.40. The Bertz CT molecular complexity index is 816. The van der Waals surface area contributed by atoms with E-state index in [2.05, 4.69) is 9.72 Å². The number of allylic oxidation sites excluding steroid dienone is 1. The van der Waals surface area contributed by atoms with Crippen LogP contribution in [0.5, 0.6) is 5.75 Å². The highest BCUT2D eigenvalue weighted by Crippen LogP contribution is 2.31. The number of hydrogen-bond donors (Lipinski definition) is 0. The van der Waals surface area contributed by atoms with Crippen LogP contribution in [0.15, 0.2) is 42.6 Å². The molecule has 130 valence electrons. The largest absolute Gasteiger partial charge is 0.573 e. The van der Waals surface area contributed by atoms with Gasteiger partial charge in [-0.05, 0) is 24.3 Å². The maximum atomic E-state index is 12.5. The minimum Gasteiger partial charge on any atom is -0.405 e. The number of para-hydroxylation sites is 1. The summed E-state index contributed by atoms with van der Waals surface area (Å²) in [5, 5.41) is 9.15. The summed E-state index contributed by atoms with van der Waals surface area (Å²) in [5.41, 5.74) is -1.41. The van der Waals surface area contributed by atoms with Crippen LogP contribution in [-0.2, 0) is 6.18 Å². The third-order valence-corrected chi connectivity index (χ3v) is 2.93. The molecule has 0 N–H and O–H groups in total. The first kappa shape index (κ1) is 18.3. The molecule has 1 aromatic carbocycles. The minimum absolute atomic E-state index is 0.0712. The molecule has 2 rings (SSSR count). The van der Waals surface area contributed by atoms with Gasteiger partial charge in [-0.15, -0.1) is 13.2 Å². The number of benzene rings is 1. The van der Waals surface area contributed by atoms with Crippen molar-refractivity contribution in [3.05, 3.63) is 59.4 Å². The van der Waals surface area contributed by atoms with Crippen LogP contribution < -0.4 is 4.74 Å². The molecule has 0 aliphatic heterocycles. The van der Waals surface area contributed by atoms with Crippen molar-refractivity contribution in [2.75, 3.05) is 0 Å². The number of halogens is 6. The molecule has 0 saturated carbocycles. The fourth-order valence-electron chi connectivity index (χ4n) is 1.86. The molecule has 0 bridgehead atoms. The van der Waals surface area contributed by atoms with Gasteiger partial charge in [-0.25, -0.2) is 0 Å². The molecule has 0 unspecified atom stereocenters. The van der Waals surface area contributed by atoms with E-state index in [1.54, 1.807) is 6.07 Å². The molecule has 1 heterocycles. The summed E-state index contributed by atoms with van der Waals surface area (Å²) in [7, 11) is 0. The maximum Gasteiger partial charge on any atom is 0.573 e. The SMILES string of the molecule is N#C/C(=C\c1ccccc1OC(F)(F)F)c1ccc(C(F)(F)F)cn1. The highest BCUT2D eigenvalue weighted by molar-refractivity contribution is 5.89. The van der Waals surface area contributed by atoms with Crippen molar-refractivity contribution >= 4 is 11.6 Å². The van der Waals surface area contributed by atoms with E-state index in [-0.39, 0.29) is 16.8 Å². The molecule has 0 aliphatic rings. The average Bonchev–Trinajstić information content (AvgIpc) is 2.52. The fraction of sp³-hybridized carbons (Fsp3) is 0.125. The second-order valence-electron chi connectivity index (χ2n) is 4.69. The van der Waals surface area contributed by atoms with Crippen LogP contribution in [0.1, 0.15) is 16.8 Å². The molecular weight excluding hydrogens is 350 g/mol. The standard InChI is InChI=1S/C16H8F6N2O/c17-15(18,19)12-5-6-13(24-9-12)11(8-23)7-10-3-1-2-4-14(10)25-16(20,21)22/h1-7,9H/b11-7+. The summed E-state index contributed by atoms with van der Waals surface area (Å²) in [4.78, 5) is 3.54. The van der Waals surface area contributed by atoms with Crippen molar-refractivity contribution in [3.8, 4) is 11.8 Å². The summed E-state index contributed by atoms with van der Waals surface area (Å²) < 4.78 is 78.6. The van der Waals surface area contributed by atoms with Crippen LogP contribution in [0.25, 0.3) is 11.6 Å². The van der Waals surface area contributed by atoms with Gasteiger partial charge >= 0.3 is 12.5 Å². The summed E-state index contributed by atoms with van der Waals surface area (Å²) in [6.07, 6.45) is -7.92. The third kappa shape index (κ3) is 4.97. The number of aromatic nitrogens is 1. The Morgan fingerprint density at radius 3 is 2.24 bits per heavy atom. The third-order valence-electron chi connectivity index (χ3n) is 2.93. The van der Waals surface area contributed by atoms with E-state index in [1.807, 2.05) is 0 Å². The van der Waals surface area contributed by atoms with Gasteiger partial charge in [-0.1, -0.05) is 18.2 Å². The van der Waals surface area contributed by atoms with E-state index in [4.69, 9.17) is 5.26 Å². The maximum absolute atomic E-state index is 12.5. The number of ether oxygens (including phenoxy) is 1. The van der Waals surface area contributed by atoms with Crippen LogP contribution in [-0.4, -0.2) is 11.3 Å². The zero-order valence-corrected chi connectivity index (χ0v) is 12.2. The zero-order valence-electron chi connectivity index (χ0n) is 12.2. The first-order chi connectivity index (χ1) is 11.6. The zero-order chi connectivity index (χ0) is 18.7. The molecule has 0 atom stereocenters. The van der Waals surface area contributed by atoms with Gasteiger partial charge in [-0.3, -0.25) is 4.98 Å². The van der Waals surface area contributed by atoms with Crippen molar-refractivity contribution < 1.29 is 31.1 Å². The molecule has 0 saturated heterocycles. The Morgan fingerprint density at radius 2 is 1.72 bits per heavy atom. The van der Waals surface area contributed by atoms with E-state index >= 15 is 0 Å². The van der Waals surface area contributed by atoms with E-state index in [0.29, 0.717) is 6.20 Å². The van der Waals surface area contributed by atoms with Crippen molar-refractivity contribution in [2.24, 2.45) is 0 Å². The first-order valence-electron chi connectivity index (χ1n) is 6.60. The second kappa shape index (κ2) is 6.84. The Kier molecular flexibility index (Phi) is 5.02.